The quantitative estimate of drug-likeness (QED) is 0.214. The first kappa shape index (κ1) is 28.2. The Morgan fingerprint density at radius 3 is 1.79 bits per heavy atom. The molecule has 2 aromatic heterocycles. The fourth-order valence-corrected chi connectivity index (χ4v) is 5.06. The highest BCUT2D eigenvalue weighted by Gasteiger charge is 2.27. The van der Waals surface area contributed by atoms with Gasteiger partial charge >= 0.3 is 12.2 Å². The summed E-state index contributed by atoms with van der Waals surface area (Å²) < 4.78 is 10.7. The van der Waals surface area contributed by atoms with Crippen molar-refractivity contribution in [3.63, 3.8) is 0 Å². The van der Waals surface area contributed by atoms with Crippen LogP contribution in [-0.2, 0) is 35.5 Å². The normalized spacial score (nSPS) is 13.2. The van der Waals surface area contributed by atoms with Crippen molar-refractivity contribution in [1.29, 1.82) is 0 Å². The monoisotopic (exact) mass is 566 g/mol. The van der Waals surface area contributed by atoms with Crippen molar-refractivity contribution in [2.75, 3.05) is 0 Å². The van der Waals surface area contributed by atoms with Crippen molar-refractivity contribution < 1.29 is 24.2 Å². The second-order valence-corrected chi connectivity index (χ2v) is 10.7. The Labute approximate surface area is 234 Å². The van der Waals surface area contributed by atoms with Crippen LogP contribution in [-0.4, -0.2) is 45.4 Å². The fourth-order valence-electron chi connectivity index (χ4n) is 4.00. The Morgan fingerprint density at radius 1 is 0.769 bits per heavy atom. The standard InChI is InChI=1S/C28H30N4O5S2/c33-24(23(16-21-9-5-2-6-10-21)32-28(35)37-19-26-30-12-14-39-26)17-22(15-20-7-3-1-4-8-20)31-27(34)36-18-25-29-11-13-38-25/h1-14,22-24,33H,15-19H2,(H,31,34)(H,32,35)/t22-,23-,24-/m0/s1. The predicted molar refractivity (Wildman–Crippen MR) is 149 cm³/mol. The molecule has 0 fully saturated rings. The molecule has 39 heavy (non-hydrogen) atoms. The first-order chi connectivity index (χ1) is 19.0. The second kappa shape index (κ2) is 15.0. The molecule has 0 aliphatic carbocycles. The van der Waals surface area contributed by atoms with Crippen molar-refractivity contribution in [3.8, 4) is 0 Å². The van der Waals surface area contributed by atoms with Crippen LogP contribution in [0.1, 0.15) is 27.6 Å². The summed E-state index contributed by atoms with van der Waals surface area (Å²) in [6.07, 6.45) is 2.06. The average Bonchev–Trinajstić information content (AvgIpc) is 3.66. The molecule has 9 nitrogen and oxygen atoms in total. The molecule has 0 saturated carbocycles. The summed E-state index contributed by atoms with van der Waals surface area (Å²) in [7, 11) is 0. The van der Waals surface area contributed by atoms with E-state index in [1.165, 1.54) is 22.7 Å². The summed E-state index contributed by atoms with van der Waals surface area (Å²) in [5.41, 5.74) is 1.93. The van der Waals surface area contributed by atoms with Gasteiger partial charge in [-0.15, -0.1) is 22.7 Å². The van der Waals surface area contributed by atoms with E-state index in [2.05, 4.69) is 20.6 Å². The number of amides is 2. The molecule has 0 spiro atoms. The highest BCUT2D eigenvalue weighted by molar-refractivity contribution is 7.09. The van der Waals surface area contributed by atoms with Crippen LogP contribution in [0.15, 0.2) is 83.8 Å². The lowest BCUT2D eigenvalue weighted by Gasteiger charge is -2.28. The third kappa shape index (κ3) is 9.78. The smallest absolute Gasteiger partial charge is 0.407 e. The maximum atomic E-state index is 12.6. The van der Waals surface area contributed by atoms with Crippen molar-refractivity contribution in [2.24, 2.45) is 0 Å². The van der Waals surface area contributed by atoms with Crippen LogP contribution in [0.25, 0.3) is 0 Å². The van der Waals surface area contributed by atoms with Gasteiger partial charge in [0.1, 0.15) is 23.2 Å². The van der Waals surface area contributed by atoms with Gasteiger partial charge in [0.2, 0.25) is 0 Å². The minimum atomic E-state index is -0.995. The van der Waals surface area contributed by atoms with Gasteiger partial charge < -0.3 is 25.2 Å². The van der Waals surface area contributed by atoms with Gasteiger partial charge in [0.15, 0.2) is 0 Å². The SMILES string of the molecule is O=C(N[C@@H](Cc1ccccc1)C[C@H](O)[C@H](Cc1ccccc1)NC(=O)OCc1nccs1)OCc1nccs1. The molecule has 0 unspecified atom stereocenters. The van der Waals surface area contributed by atoms with Gasteiger partial charge in [-0.05, 0) is 30.4 Å². The van der Waals surface area contributed by atoms with Crippen molar-refractivity contribution in [2.45, 2.75) is 50.7 Å². The number of thiazole rings is 2. The van der Waals surface area contributed by atoms with E-state index in [1.807, 2.05) is 66.0 Å². The van der Waals surface area contributed by atoms with E-state index in [9.17, 15) is 14.7 Å². The van der Waals surface area contributed by atoms with Gasteiger partial charge in [0.05, 0.1) is 12.1 Å². The molecular formula is C28H30N4O5S2. The van der Waals surface area contributed by atoms with E-state index in [1.54, 1.807) is 17.8 Å². The van der Waals surface area contributed by atoms with E-state index in [0.29, 0.717) is 22.9 Å². The lowest BCUT2D eigenvalue weighted by Crippen LogP contribution is -2.48. The molecule has 3 atom stereocenters. The summed E-state index contributed by atoms with van der Waals surface area (Å²) in [5, 5.41) is 22.0. The number of aromatic nitrogens is 2. The third-order valence-electron chi connectivity index (χ3n) is 5.86. The molecule has 2 heterocycles. The maximum absolute atomic E-state index is 12.6. The topological polar surface area (TPSA) is 123 Å². The molecule has 0 bridgehead atoms. The zero-order valence-corrected chi connectivity index (χ0v) is 22.8. The molecule has 3 N–H and O–H groups in total. The Morgan fingerprint density at radius 2 is 1.28 bits per heavy atom. The summed E-state index contributed by atoms with van der Waals surface area (Å²) in [4.78, 5) is 33.5. The first-order valence-electron chi connectivity index (χ1n) is 12.4. The van der Waals surface area contributed by atoms with Crippen LogP contribution < -0.4 is 10.6 Å². The molecule has 4 aromatic rings. The minimum Gasteiger partial charge on any atom is -0.442 e. The Kier molecular flexibility index (Phi) is 10.8. The number of rotatable bonds is 13. The van der Waals surface area contributed by atoms with Gasteiger partial charge in [-0.3, -0.25) is 0 Å². The number of aliphatic hydroxyl groups excluding tert-OH is 1. The molecule has 0 saturated heterocycles. The number of hydrogen-bond acceptors (Lipinski definition) is 9. The average molecular weight is 567 g/mol. The summed E-state index contributed by atoms with van der Waals surface area (Å²) in [6, 6.07) is 18.1. The number of nitrogens with one attached hydrogen (secondary N) is 2. The van der Waals surface area contributed by atoms with Crippen LogP contribution >= 0.6 is 22.7 Å². The first-order valence-corrected chi connectivity index (χ1v) is 14.2. The molecule has 4 rings (SSSR count). The van der Waals surface area contributed by atoms with Gasteiger partial charge in [0.25, 0.3) is 0 Å². The van der Waals surface area contributed by atoms with E-state index in [4.69, 9.17) is 9.47 Å². The Balaban J connectivity index is 1.42. The van der Waals surface area contributed by atoms with Gasteiger partial charge in [-0.2, -0.15) is 0 Å². The molecule has 11 heteroatoms. The highest BCUT2D eigenvalue weighted by atomic mass is 32.1. The molecule has 0 aliphatic rings. The second-order valence-electron chi connectivity index (χ2n) is 8.78. The van der Waals surface area contributed by atoms with Crippen LogP contribution in [0.3, 0.4) is 0 Å². The predicted octanol–water partition coefficient (Wildman–Crippen LogP) is 4.73. The van der Waals surface area contributed by atoms with Crippen molar-refractivity contribution in [1.82, 2.24) is 20.6 Å². The maximum Gasteiger partial charge on any atom is 0.407 e. The molecule has 0 aliphatic heterocycles. The lowest BCUT2D eigenvalue weighted by atomic mass is 9.94. The van der Waals surface area contributed by atoms with Crippen molar-refractivity contribution >= 4 is 34.9 Å². The number of hydrogen-bond donors (Lipinski definition) is 3. The number of aliphatic hydroxyl groups is 1. The fraction of sp³-hybridized carbons (Fsp3) is 0.286. The largest absolute Gasteiger partial charge is 0.442 e. The number of ether oxygens (including phenoxy) is 2. The molecule has 2 aromatic carbocycles. The number of carbonyl (C=O) groups is 2. The lowest BCUT2D eigenvalue weighted by molar-refractivity contribution is 0.0860. The molecule has 0 radical (unpaired) electrons. The van der Waals surface area contributed by atoms with Crippen molar-refractivity contribution in [3.05, 3.63) is 105 Å². The third-order valence-corrected chi connectivity index (χ3v) is 7.37. The van der Waals surface area contributed by atoms with Crippen LogP contribution in [0.5, 0.6) is 0 Å². The van der Waals surface area contributed by atoms with E-state index >= 15 is 0 Å². The van der Waals surface area contributed by atoms with Gasteiger partial charge in [-0.1, -0.05) is 60.7 Å². The van der Waals surface area contributed by atoms with Crippen LogP contribution in [0.4, 0.5) is 9.59 Å². The number of alkyl carbamates (subject to hydrolysis) is 2. The van der Waals surface area contributed by atoms with Crippen LogP contribution in [0, 0.1) is 0 Å². The van der Waals surface area contributed by atoms with E-state index in [-0.39, 0.29) is 19.6 Å². The molecular weight excluding hydrogens is 536 g/mol. The minimum absolute atomic E-state index is 0.0424. The number of carbonyl (C=O) groups excluding carboxylic acids is 2. The zero-order valence-electron chi connectivity index (χ0n) is 21.1. The summed E-state index contributed by atoms with van der Waals surface area (Å²) in [5.74, 6) is 0. The van der Waals surface area contributed by atoms with Gasteiger partial charge in [-0.25, -0.2) is 19.6 Å². The molecule has 2 amide bonds. The van der Waals surface area contributed by atoms with E-state index < -0.39 is 30.4 Å². The Bertz CT molecular complexity index is 1260. The van der Waals surface area contributed by atoms with Gasteiger partial charge in [0, 0.05) is 29.2 Å². The highest BCUT2D eigenvalue weighted by Crippen LogP contribution is 2.15. The number of benzene rings is 2. The molecule has 204 valence electrons. The summed E-state index contributed by atoms with van der Waals surface area (Å²) >= 11 is 2.79. The number of nitrogens with zero attached hydrogens (tertiary/aromatic N) is 2. The summed E-state index contributed by atoms with van der Waals surface area (Å²) in [6.45, 7) is 0.105. The Hall–Kier alpha value is -3.80. The zero-order chi connectivity index (χ0) is 27.3. The van der Waals surface area contributed by atoms with E-state index in [0.717, 1.165) is 11.1 Å². The van der Waals surface area contributed by atoms with Crippen LogP contribution in [0.2, 0.25) is 0 Å².